The predicted molar refractivity (Wildman–Crippen MR) is 120 cm³/mol. The Bertz CT molecular complexity index is 591. The van der Waals surface area contributed by atoms with E-state index < -0.39 is 17.8 Å². The number of terminal acetylenes is 1. The van der Waals surface area contributed by atoms with Crippen molar-refractivity contribution in [3.63, 3.8) is 0 Å². The van der Waals surface area contributed by atoms with E-state index >= 15 is 0 Å². The van der Waals surface area contributed by atoms with Gasteiger partial charge in [0.05, 0.1) is 19.3 Å². The van der Waals surface area contributed by atoms with Crippen LogP contribution >= 0.6 is 0 Å². The summed E-state index contributed by atoms with van der Waals surface area (Å²) >= 11 is 0. The Morgan fingerprint density at radius 3 is 2.60 bits per heavy atom. The molecule has 0 spiro atoms. The molecule has 1 saturated carbocycles. The Hall–Kier alpha value is -1.61. The molecule has 1 aliphatic rings. The summed E-state index contributed by atoms with van der Waals surface area (Å²) in [6.07, 6.45) is 20.3. The van der Waals surface area contributed by atoms with Crippen molar-refractivity contribution in [3.05, 3.63) is 24.3 Å². The highest BCUT2D eigenvalue weighted by atomic mass is 16.5. The second-order valence-electron chi connectivity index (χ2n) is 8.41. The van der Waals surface area contributed by atoms with Gasteiger partial charge in [-0.05, 0) is 38.0 Å². The van der Waals surface area contributed by atoms with Crippen molar-refractivity contribution in [2.75, 3.05) is 7.11 Å². The maximum Gasteiger partial charge on any atom is 0.305 e. The van der Waals surface area contributed by atoms with Crippen molar-refractivity contribution < 1.29 is 24.9 Å². The third kappa shape index (κ3) is 9.47. The van der Waals surface area contributed by atoms with Crippen LogP contribution in [0.25, 0.3) is 0 Å². The SMILES string of the molecule is C#CC(O)(C/C=C/[C@@H]1[C@@H](C/C=C\CCCC(=O)OC)[C@H](O)C[C@H]1O)CCCCCC. The van der Waals surface area contributed by atoms with Gasteiger partial charge < -0.3 is 20.1 Å². The number of ether oxygens (including phenoxy) is 1. The van der Waals surface area contributed by atoms with Gasteiger partial charge in [-0.3, -0.25) is 4.79 Å². The van der Waals surface area contributed by atoms with E-state index in [1.54, 1.807) is 0 Å². The minimum atomic E-state index is -1.15. The summed E-state index contributed by atoms with van der Waals surface area (Å²) < 4.78 is 4.62. The van der Waals surface area contributed by atoms with Gasteiger partial charge in [0.15, 0.2) is 0 Å². The van der Waals surface area contributed by atoms with Crippen LogP contribution in [-0.2, 0) is 9.53 Å². The van der Waals surface area contributed by atoms with Crippen LogP contribution < -0.4 is 0 Å². The van der Waals surface area contributed by atoms with Gasteiger partial charge in [-0.15, -0.1) is 6.42 Å². The summed E-state index contributed by atoms with van der Waals surface area (Å²) in [6, 6.07) is 0. The molecule has 1 unspecified atom stereocenters. The van der Waals surface area contributed by atoms with E-state index in [-0.39, 0.29) is 17.8 Å². The first-order chi connectivity index (χ1) is 14.4. The molecule has 1 fully saturated rings. The van der Waals surface area contributed by atoms with Crippen molar-refractivity contribution in [2.45, 2.75) is 95.4 Å². The molecule has 0 radical (unpaired) electrons. The third-order valence-electron chi connectivity index (χ3n) is 6.00. The van der Waals surface area contributed by atoms with Gasteiger partial charge in [-0.1, -0.05) is 56.4 Å². The number of unbranched alkanes of at least 4 members (excludes halogenated alkanes) is 4. The van der Waals surface area contributed by atoms with Gasteiger partial charge in [-0.2, -0.15) is 0 Å². The fourth-order valence-corrected chi connectivity index (χ4v) is 4.04. The highest BCUT2D eigenvalue weighted by molar-refractivity contribution is 5.69. The molecule has 0 saturated heterocycles. The van der Waals surface area contributed by atoms with Crippen LogP contribution in [0.2, 0.25) is 0 Å². The van der Waals surface area contributed by atoms with E-state index in [9.17, 15) is 20.1 Å². The van der Waals surface area contributed by atoms with Gasteiger partial charge in [0, 0.05) is 25.2 Å². The zero-order valence-corrected chi connectivity index (χ0v) is 18.6. The first-order valence-electron chi connectivity index (χ1n) is 11.3. The maximum atomic E-state index is 11.1. The monoisotopic (exact) mass is 420 g/mol. The number of esters is 1. The Morgan fingerprint density at radius 2 is 1.93 bits per heavy atom. The van der Waals surface area contributed by atoms with Crippen molar-refractivity contribution in [3.8, 4) is 12.3 Å². The van der Waals surface area contributed by atoms with Crippen LogP contribution in [0.4, 0.5) is 0 Å². The molecule has 0 aromatic carbocycles. The summed E-state index contributed by atoms with van der Waals surface area (Å²) in [7, 11) is 1.38. The molecule has 0 amide bonds. The van der Waals surface area contributed by atoms with Crippen molar-refractivity contribution in [1.82, 2.24) is 0 Å². The fraction of sp³-hybridized carbons (Fsp3) is 0.720. The average Bonchev–Trinajstić information content (AvgIpc) is 3.00. The number of carbonyl (C=O) groups excluding carboxylic acids is 1. The van der Waals surface area contributed by atoms with Crippen LogP contribution in [0.1, 0.15) is 77.6 Å². The van der Waals surface area contributed by atoms with E-state index in [1.165, 1.54) is 7.11 Å². The molecular formula is C25H40O5. The lowest BCUT2D eigenvalue weighted by Crippen LogP contribution is -2.26. The first-order valence-corrected chi connectivity index (χ1v) is 11.3. The van der Waals surface area contributed by atoms with E-state index in [1.807, 2.05) is 24.3 Å². The van der Waals surface area contributed by atoms with Crippen molar-refractivity contribution >= 4 is 5.97 Å². The molecule has 5 nitrogen and oxygen atoms in total. The third-order valence-corrected chi connectivity index (χ3v) is 6.00. The predicted octanol–water partition coefficient (Wildman–Crippen LogP) is 3.91. The second kappa shape index (κ2) is 14.4. The van der Waals surface area contributed by atoms with Gasteiger partial charge >= 0.3 is 5.97 Å². The molecule has 5 heteroatoms. The van der Waals surface area contributed by atoms with Gasteiger partial charge in [0.25, 0.3) is 0 Å². The fourth-order valence-electron chi connectivity index (χ4n) is 4.04. The molecule has 0 aromatic heterocycles. The van der Waals surface area contributed by atoms with E-state index in [4.69, 9.17) is 6.42 Å². The molecule has 30 heavy (non-hydrogen) atoms. The molecule has 5 atom stereocenters. The molecule has 1 rings (SSSR count). The standard InChI is InChI=1S/C25H40O5/c1-4-6-7-12-17-25(29,5-2)18-13-15-21-20(22(26)19-23(21)27)14-10-8-9-11-16-24(28)30-3/h2,8,10,13,15,20-23,26-27,29H,4,6-7,9,11-12,14,16-19H2,1,3H3/b10-8-,15-13+/t20-,21-,22-,23-,25?/m1/s1. The topological polar surface area (TPSA) is 87.0 Å². The molecule has 170 valence electrons. The summed E-state index contributed by atoms with van der Waals surface area (Å²) in [4.78, 5) is 11.1. The van der Waals surface area contributed by atoms with Crippen LogP contribution in [0.15, 0.2) is 24.3 Å². The summed E-state index contributed by atoms with van der Waals surface area (Å²) in [5.74, 6) is 2.08. The minimum Gasteiger partial charge on any atom is -0.469 e. The second-order valence-corrected chi connectivity index (χ2v) is 8.41. The number of aliphatic hydroxyl groups is 3. The average molecular weight is 421 g/mol. The lowest BCUT2D eigenvalue weighted by Gasteiger charge is -2.22. The maximum absolute atomic E-state index is 11.1. The number of allylic oxidation sites excluding steroid dienone is 2. The first kappa shape index (κ1) is 26.4. The van der Waals surface area contributed by atoms with Crippen LogP contribution in [0.5, 0.6) is 0 Å². The Morgan fingerprint density at radius 1 is 1.17 bits per heavy atom. The number of methoxy groups -OCH3 is 1. The largest absolute Gasteiger partial charge is 0.469 e. The Balaban J connectivity index is 2.54. The lowest BCUT2D eigenvalue weighted by molar-refractivity contribution is -0.140. The summed E-state index contributed by atoms with van der Waals surface area (Å²) in [6.45, 7) is 2.14. The minimum absolute atomic E-state index is 0.0726. The molecule has 0 bridgehead atoms. The number of hydrogen-bond donors (Lipinski definition) is 3. The zero-order valence-electron chi connectivity index (χ0n) is 18.6. The quantitative estimate of drug-likeness (QED) is 0.172. The molecular weight excluding hydrogens is 380 g/mol. The Labute approximate surface area is 182 Å². The normalized spacial score (nSPS) is 26.1. The molecule has 0 aromatic rings. The smallest absolute Gasteiger partial charge is 0.305 e. The highest BCUT2D eigenvalue weighted by Crippen LogP contribution is 2.36. The van der Waals surface area contributed by atoms with Crippen LogP contribution in [0.3, 0.4) is 0 Å². The van der Waals surface area contributed by atoms with E-state index in [0.717, 1.165) is 38.5 Å². The van der Waals surface area contributed by atoms with Crippen LogP contribution in [0, 0.1) is 24.2 Å². The van der Waals surface area contributed by atoms with Gasteiger partial charge in [0.2, 0.25) is 0 Å². The Kier molecular flexibility index (Phi) is 12.7. The zero-order chi connectivity index (χ0) is 22.4. The van der Waals surface area contributed by atoms with E-state index in [2.05, 4.69) is 17.6 Å². The summed E-state index contributed by atoms with van der Waals surface area (Å²) in [5.41, 5.74) is -1.15. The van der Waals surface area contributed by atoms with Crippen LogP contribution in [-0.4, -0.2) is 46.2 Å². The van der Waals surface area contributed by atoms with Crippen molar-refractivity contribution in [2.24, 2.45) is 11.8 Å². The molecule has 1 aliphatic carbocycles. The number of aliphatic hydroxyl groups excluding tert-OH is 2. The van der Waals surface area contributed by atoms with Gasteiger partial charge in [-0.25, -0.2) is 0 Å². The van der Waals surface area contributed by atoms with E-state index in [0.29, 0.717) is 32.1 Å². The number of rotatable bonds is 14. The molecule has 3 N–H and O–H groups in total. The lowest BCUT2D eigenvalue weighted by atomic mass is 9.88. The van der Waals surface area contributed by atoms with Gasteiger partial charge in [0.1, 0.15) is 5.60 Å². The molecule has 0 heterocycles. The number of carbonyl (C=O) groups is 1. The summed E-state index contributed by atoms with van der Waals surface area (Å²) in [5, 5.41) is 31.3. The highest BCUT2D eigenvalue weighted by Gasteiger charge is 2.39. The molecule has 0 aliphatic heterocycles. The van der Waals surface area contributed by atoms with Crippen molar-refractivity contribution in [1.29, 1.82) is 0 Å². The number of hydrogen-bond acceptors (Lipinski definition) is 5.